The van der Waals surface area contributed by atoms with Gasteiger partial charge in [-0.1, -0.05) is 48.5 Å². The third-order valence-corrected chi connectivity index (χ3v) is 6.62. The molecular weight excluding hydrogens is 478 g/mol. The van der Waals surface area contributed by atoms with Crippen LogP contribution in [0.3, 0.4) is 0 Å². The lowest BCUT2D eigenvalue weighted by Gasteiger charge is -2.26. The molecule has 3 aromatic carbocycles. The normalized spacial score (nSPS) is 14.2. The van der Waals surface area contributed by atoms with Crippen molar-refractivity contribution in [3.05, 3.63) is 83.9 Å². The molecule has 4 rings (SSSR count). The molecule has 1 fully saturated rings. The Bertz CT molecular complexity index is 1320. The molecule has 2 N–H and O–H groups in total. The molecule has 0 spiro atoms. The van der Waals surface area contributed by atoms with Gasteiger partial charge in [-0.2, -0.15) is 0 Å². The predicted octanol–water partition coefficient (Wildman–Crippen LogP) is 3.42. The monoisotopic (exact) mass is 507 g/mol. The summed E-state index contributed by atoms with van der Waals surface area (Å²) in [4.78, 5) is 27.6. The van der Waals surface area contributed by atoms with Crippen LogP contribution >= 0.6 is 0 Å². The molecule has 1 heterocycles. The Hall–Kier alpha value is -3.53. The van der Waals surface area contributed by atoms with Gasteiger partial charge in [-0.05, 0) is 41.0 Å². The minimum Gasteiger partial charge on any atom is -0.379 e. The Kier molecular flexibility index (Phi) is 8.14. The van der Waals surface area contributed by atoms with Crippen molar-refractivity contribution < 1.29 is 22.7 Å². The number of benzene rings is 3. The molecule has 0 radical (unpaired) electrons. The smallest absolute Gasteiger partial charge is 0.255 e. The highest BCUT2D eigenvalue weighted by Crippen LogP contribution is 2.23. The van der Waals surface area contributed by atoms with Crippen molar-refractivity contribution in [3.63, 3.8) is 0 Å². The van der Waals surface area contributed by atoms with Crippen molar-refractivity contribution >= 4 is 33.0 Å². The number of sulfone groups is 1. The number of ether oxygens (including phenoxy) is 1. The molecule has 1 aliphatic heterocycles. The zero-order valence-electron chi connectivity index (χ0n) is 20.1. The van der Waals surface area contributed by atoms with E-state index in [1.54, 1.807) is 12.1 Å². The van der Waals surface area contributed by atoms with Crippen LogP contribution < -0.4 is 10.6 Å². The van der Waals surface area contributed by atoms with Gasteiger partial charge in [-0.15, -0.1) is 0 Å². The van der Waals surface area contributed by atoms with Gasteiger partial charge in [-0.25, -0.2) is 8.42 Å². The number of morpholine rings is 1. The fourth-order valence-corrected chi connectivity index (χ4v) is 4.79. The van der Waals surface area contributed by atoms with Crippen molar-refractivity contribution in [2.75, 3.05) is 49.7 Å². The molecule has 188 valence electrons. The molecule has 1 saturated heterocycles. The zero-order chi connectivity index (χ0) is 25.5. The molecule has 0 aliphatic carbocycles. The Balaban J connectivity index is 1.49. The first-order valence-electron chi connectivity index (χ1n) is 11.6. The number of amides is 2. The van der Waals surface area contributed by atoms with Crippen LogP contribution in [-0.4, -0.2) is 64.2 Å². The molecule has 9 heteroatoms. The molecule has 0 bridgehead atoms. The zero-order valence-corrected chi connectivity index (χ0v) is 20.9. The minimum atomic E-state index is -3.35. The van der Waals surface area contributed by atoms with E-state index in [2.05, 4.69) is 10.6 Å². The molecule has 0 atom stereocenters. The summed E-state index contributed by atoms with van der Waals surface area (Å²) in [6, 6.07) is 22.1. The molecule has 0 aromatic heterocycles. The van der Waals surface area contributed by atoms with E-state index in [0.717, 1.165) is 17.4 Å². The first-order valence-corrected chi connectivity index (χ1v) is 13.7. The van der Waals surface area contributed by atoms with Crippen molar-refractivity contribution in [2.45, 2.75) is 5.75 Å². The van der Waals surface area contributed by atoms with E-state index in [1.165, 1.54) is 6.07 Å². The maximum absolute atomic E-state index is 13.0. The van der Waals surface area contributed by atoms with Crippen LogP contribution in [0.2, 0.25) is 0 Å². The van der Waals surface area contributed by atoms with Crippen LogP contribution in [0.4, 0.5) is 11.4 Å². The molecule has 0 saturated carbocycles. The highest BCUT2D eigenvalue weighted by Gasteiger charge is 2.18. The third kappa shape index (κ3) is 7.24. The third-order valence-electron chi connectivity index (χ3n) is 5.78. The summed E-state index contributed by atoms with van der Waals surface area (Å²) in [6.07, 6.45) is 1.13. The second kappa shape index (κ2) is 11.5. The summed E-state index contributed by atoms with van der Waals surface area (Å²) < 4.78 is 29.2. The summed E-state index contributed by atoms with van der Waals surface area (Å²) in [5.74, 6) is -0.888. The summed E-state index contributed by atoms with van der Waals surface area (Å²) in [7, 11) is -3.35. The number of hydrogen-bond acceptors (Lipinski definition) is 6. The van der Waals surface area contributed by atoms with E-state index in [4.69, 9.17) is 4.74 Å². The molecule has 1 aliphatic rings. The van der Waals surface area contributed by atoms with Gasteiger partial charge in [0.05, 0.1) is 25.5 Å². The molecule has 36 heavy (non-hydrogen) atoms. The van der Waals surface area contributed by atoms with E-state index < -0.39 is 9.84 Å². The van der Waals surface area contributed by atoms with Crippen molar-refractivity contribution in [2.24, 2.45) is 0 Å². The summed E-state index contributed by atoms with van der Waals surface area (Å²) >= 11 is 0. The van der Waals surface area contributed by atoms with E-state index in [-0.39, 0.29) is 24.1 Å². The van der Waals surface area contributed by atoms with Gasteiger partial charge < -0.3 is 15.4 Å². The average molecular weight is 508 g/mol. The Morgan fingerprint density at radius 3 is 2.22 bits per heavy atom. The number of hydrogen-bond donors (Lipinski definition) is 2. The van der Waals surface area contributed by atoms with Gasteiger partial charge in [-0.3, -0.25) is 14.5 Å². The van der Waals surface area contributed by atoms with Gasteiger partial charge in [0.15, 0.2) is 9.84 Å². The highest BCUT2D eigenvalue weighted by atomic mass is 32.2. The SMILES string of the molecule is CS(=O)(=O)Cc1ccc(C(=O)Nc2ccc(-c3ccccc3)cc2)cc1NC(=O)CN1CCOCC1. The molecule has 0 unspecified atom stereocenters. The fourth-order valence-electron chi connectivity index (χ4n) is 3.97. The fraction of sp³-hybridized carbons (Fsp3) is 0.259. The lowest BCUT2D eigenvalue weighted by atomic mass is 10.1. The van der Waals surface area contributed by atoms with Crippen molar-refractivity contribution in [3.8, 4) is 11.1 Å². The van der Waals surface area contributed by atoms with Crippen molar-refractivity contribution in [1.29, 1.82) is 0 Å². The molecular formula is C27H29N3O5S. The first kappa shape index (κ1) is 25.6. The minimum absolute atomic E-state index is 0.159. The number of nitrogens with zero attached hydrogens (tertiary/aromatic N) is 1. The first-order chi connectivity index (χ1) is 17.3. The van der Waals surface area contributed by atoms with E-state index in [0.29, 0.717) is 48.8 Å². The number of carbonyl (C=O) groups is 2. The number of nitrogens with one attached hydrogen (secondary N) is 2. The van der Waals surface area contributed by atoms with E-state index in [9.17, 15) is 18.0 Å². The standard InChI is InChI=1S/C27H29N3O5S/c1-36(33,34)19-23-8-7-22(17-25(23)29-26(31)18-30-13-15-35-16-14-30)27(32)28-24-11-9-21(10-12-24)20-5-3-2-4-6-20/h2-12,17H,13-16,18-19H2,1H3,(H,28,32)(H,29,31). The van der Waals surface area contributed by atoms with Crippen LogP contribution in [-0.2, 0) is 25.1 Å². The maximum atomic E-state index is 13.0. The van der Waals surface area contributed by atoms with Crippen LogP contribution in [0.15, 0.2) is 72.8 Å². The highest BCUT2D eigenvalue weighted by molar-refractivity contribution is 7.89. The van der Waals surface area contributed by atoms with Crippen LogP contribution in [0.25, 0.3) is 11.1 Å². The number of anilines is 2. The van der Waals surface area contributed by atoms with Crippen LogP contribution in [0, 0.1) is 0 Å². The topological polar surface area (TPSA) is 105 Å². The van der Waals surface area contributed by atoms with Gasteiger partial charge in [0.25, 0.3) is 5.91 Å². The van der Waals surface area contributed by atoms with E-state index >= 15 is 0 Å². The molecule has 8 nitrogen and oxygen atoms in total. The lowest BCUT2D eigenvalue weighted by molar-refractivity contribution is -0.118. The van der Waals surface area contributed by atoms with E-state index in [1.807, 2.05) is 59.5 Å². The van der Waals surface area contributed by atoms with Gasteiger partial charge in [0.2, 0.25) is 5.91 Å². The van der Waals surface area contributed by atoms with Gasteiger partial charge >= 0.3 is 0 Å². The second-order valence-electron chi connectivity index (χ2n) is 8.78. The van der Waals surface area contributed by atoms with Crippen LogP contribution in [0.1, 0.15) is 15.9 Å². The summed E-state index contributed by atoms with van der Waals surface area (Å²) in [5, 5.41) is 5.66. The lowest BCUT2D eigenvalue weighted by Crippen LogP contribution is -2.41. The summed E-state index contributed by atoms with van der Waals surface area (Å²) in [6.45, 7) is 2.58. The summed E-state index contributed by atoms with van der Waals surface area (Å²) in [5.41, 5.74) is 3.78. The largest absolute Gasteiger partial charge is 0.379 e. The van der Waals surface area contributed by atoms with Gasteiger partial charge in [0, 0.05) is 36.3 Å². The van der Waals surface area contributed by atoms with Crippen molar-refractivity contribution in [1.82, 2.24) is 4.90 Å². The van der Waals surface area contributed by atoms with Crippen LogP contribution in [0.5, 0.6) is 0 Å². The van der Waals surface area contributed by atoms with Gasteiger partial charge in [0.1, 0.15) is 0 Å². The Morgan fingerprint density at radius 1 is 0.889 bits per heavy atom. The Labute approximate surface area is 211 Å². The number of carbonyl (C=O) groups excluding carboxylic acids is 2. The quantitative estimate of drug-likeness (QED) is 0.484. The predicted molar refractivity (Wildman–Crippen MR) is 141 cm³/mol. The Morgan fingerprint density at radius 2 is 1.56 bits per heavy atom. The maximum Gasteiger partial charge on any atom is 0.255 e. The molecule has 2 amide bonds. The number of rotatable bonds is 8. The average Bonchev–Trinajstić information content (AvgIpc) is 2.86. The second-order valence-corrected chi connectivity index (χ2v) is 10.9. The molecule has 3 aromatic rings.